The van der Waals surface area contributed by atoms with E-state index in [1.807, 2.05) is 25.2 Å². The Balaban J connectivity index is 1.79. The number of hydrogen-bond acceptors (Lipinski definition) is 6. The van der Waals surface area contributed by atoms with Gasteiger partial charge >= 0.3 is 0 Å². The lowest BCUT2D eigenvalue weighted by Gasteiger charge is -2.34. The maximum absolute atomic E-state index is 6.38. The number of nitrogens with zero attached hydrogens (tertiary/aromatic N) is 5. The van der Waals surface area contributed by atoms with Crippen LogP contribution in [0.2, 0.25) is 0 Å². The minimum Gasteiger partial charge on any atom is -0.393 e. The van der Waals surface area contributed by atoms with Crippen LogP contribution in [0.25, 0.3) is 0 Å². The summed E-state index contributed by atoms with van der Waals surface area (Å²) in [5.74, 6) is 1.64. The molecule has 0 atom stereocenters. The van der Waals surface area contributed by atoms with Crippen LogP contribution in [-0.4, -0.2) is 55.1 Å². The van der Waals surface area contributed by atoms with E-state index in [0.29, 0.717) is 5.69 Å². The summed E-state index contributed by atoms with van der Waals surface area (Å²) < 4.78 is 0. The fourth-order valence-corrected chi connectivity index (χ4v) is 2.88. The highest BCUT2D eigenvalue weighted by atomic mass is 15.3. The number of benzene rings is 1. The average molecular weight is 312 g/mol. The maximum Gasteiger partial charge on any atom is 0.157 e. The smallest absolute Gasteiger partial charge is 0.157 e. The van der Waals surface area contributed by atoms with E-state index in [1.165, 1.54) is 5.56 Å². The second-order valence-electron chi connectivity index (χ2n) is 6.07. The predicted molar refractivity (Wildman–Crippen MR) is 94.7 cm³/mol. The van der Waals surface area contributed by atoms with Gasteiger partial charge < -0.3 is 20.4 Å². The second kappa shape index (κ2) is 6.83. The molecule has 23 heavy (non-hydrogen) atoms. The molecule has 3 rings (SSSR count). The highest BCUT2D eigenvalue weighted by molar-refractivity contribution is 5.75. The first kappa shape index (κ1) is 15.6. The molecule has 1 fully saturated rings. The van der Waals surface area contributed by atoms with Gasteiger partial charge in [0.15, 0.2) is 11.6 Å². The molecule has 2 N–H and O–H groups in total. The molecular formula is C17H24N6. The molecule has 1 aromatic heterocycles. The van der Waals surface area contributed by atoms with Crippen molar-refractivity contribution in [3.63, 3.8) is 0 Å². The molecule has 0 spiro atoms. The van der Waals surface area contributed by atoms with E-state index >= 15 is 0 Å². The molecule has 0 amide bonds. The summed E-state index contributed by atoms with van der Waals surface area (Å²) in [5, 5.41) is 0. The monoisotopic (exact) mass is 312 g/mol. The van der Waals surface area contributed by atoms with Gasteiger partial charge in [-0.15, -0.1) is 0 Å². The van der Waals surface area contributed by atoms with Gasteiger partial charge in [-0.3, -0.25) is 0 Å². The molecule has 1 saturated heterocycles. The van der Waals surface area contributed by atoms with Gasteiger partial charge in [-0.2, -0.15) is 0 Å². The van der Waals surface area contributed by atoms with Crippen LogP contribution in [0, 0.1) is 0 Å². The zero-order valence-corrected chi connectivity index (χ0v) is 13.8. The van der Waals surface area contributed by atoms with Gasteiger partial charge in [-0.25, -0.2) is 9.97 Å². The fraction of sp³-hybridized carbons (Fsp3) is 0.412. The first-order valence-corrected chi connectivity index (χ1v) is 7.94. The molecule has 122 valence electrons. The molecule has 6 heteroatoms. The normalized spacial score (nSPS) is 15.7. The van der Waals surface area contributed by atoms with Crippen LogP contribution >= 0.6 is 0 Å². The van der Waals surface area contributed by atoms with Gasteiger partial charge in [0.05, 0.1) is 0 Å². The molecule has 1 aliphatic rings. The van der Waals surface area contributed by atoms with Crippen LogP contribution in [0.4, 0.5) is 17.3 Å². The fourth-order valence-electron chi connectivity index (χ4n) is 2.88. The van der Waals surface area contributed by atoms with Gasteiger partial charge in [-0.1, -0.05) is 30.3 Å². The Morgan fingerprint density at radius 2 is 1.78 bits per heavy atom. The lowest BCUT2D eigenvalue weighted by Crippen LogP contribution is -2.45. The molecule has 1 aliphatic heterocycles. The Labute approximate surface area is 137 Å². The maximum atomic E-state index is 6.38. The molecule has 6 nitrogen and oxygen atoms in total. The number of nitrogens with two attached hydrogens (primary N) is 1. The molecule has 0 bridgehead atoms. The number of anilines is 3. The molecular weight excluding hydrogens is 288 g/mol. The van der Waals surface area contributed by atoms with Crippen LogP contribution in [0.3, 0.4) is 0 Å². The van der Waals surface area contributed by atoms with Crippen LogP contribution in [-0.2, 0) is 6.54 Å². The minimum absolute atomic E-state index is 0.662. The van der Waals surface area contributed by atoms with Crippen LogP contribution in [0.1, 0.15) is 5.56 Å². The number of piperazine rings is 1. The highest BCUT2D eigenvalue weighted by Crippen LogP contribution is 2.29. The first-order valence-electron chi connectivity index (χ1n) is 7.94. The Bertz CT molecular complexity index is 637. The van der Waals surface area contributed by atoms with Gasteiger partial charge in [0.25, 0.3) is 0 Å². The quantitative estimate of drug-likeness (QED) is 0.922. The summed E-state index contributed by atoms with van der Waals surface area (Å²) >= 11 is 0. The van der Waals surface area contributed by atoms with E-state index in [2.05, 4.69) is 43.8 Å². The molecule has 0 saturated carbocycles. The standard InChI is InChI=1S/C17H24N6/c1-21-8-10-23(11-9-21)17-15(18)16(19-13-20-17)22(2)12-14-6-4-3-5-7-14/h3-7,13H,8-12,18H2,1-2H3. The first-order chi connectivity index (χ1) is 11.1. The molecule has 0 unspecified atom stereocenters. The third-order valence-corrected chi connectivity index (χ3v) is 4.27. The third kappa shape index (κ3) is 3.53. The summed E-state index contributed by atoms with van der Waals surface area (Å²) in [6.07, 6.45) is 1.61. The lowest BCUT2D eigenvalue weighted by molar-refractivity contribution is 0.312. The average Bonchev–Trinajstić information content (AvgIpc) is 2.57. The summed E-state index contributed by atoms with van der Waals surface area (Å²) in [6, 6.07) is 10.3. The summed E-state index contributed by atoms with van der Waals surface area (Å²) in [4.78, 5) is 15.5. The van der Waals surface area contributed by atoms with Crippen molar-refractivity contribution in [1.29, 1.82) is 0 Å². The van der Waals surface area contributed by atoms with Gasteiger partial charge in [0.1, 0.15) is 12.0 Å². The summed E-state index contributed by atoms with van der Waals surface area (Å²) in [7, 11) is 4.15. The Morgan fingerprint density at radius 3 is 2.48 bits per heavy atom. The van der Waals surface area contributed by atoms with Gasteiger partial charge in [0.2, 0.25) is 0 Å². The molecule has 2 heterocycles. The van der Waals surface area contributed by atoms with E-state index in [9.17, 15) is 0 Å². The van der Waals surface area contributed by atoms with Crippen molar-refractivity contribution in [3.05, 3.63) is 42.2 Å². The van der Waals surface area contributed by atoms with E-state index in [-0.39, 0.29) is 0 Å². The largest absolute Gasteiger partial charge is 0.393 e. The van der Waals surface area contributed by atoms with E-state index < -0.39 is 0 Å². The van der Waals surface area contributed by atoms with Crippen molar-refractivity contribution in [2.24, 2.45) is 0 Å². The van der Waals surface area contributed by atoms with Crippen molar-refractivity contribution in [1.82, 2.24) is 14.9 Å². The zero-order valence-electron chi connectivity index (χ0n) is 13.8. The van der Waals surface area contributed by atoms with Crippen LogP contribution in [0.5, 0.6) is 0 Å². The SMILES string of the molecule is CN1CCN(c2ncnc(N(C)Cc3ccccc3)c2N)CC1. The minimum atomic E-state index is 0.662. The van der Waals surface area contributed by atoms with Crippen molar-refractivity contribution < 1.29 is 0 Å². The Morgan fingerprint density at radius 1 is 1.09 bits per heavy atom. The number of hydrogen-bond donors (Lipinski definition) is 1. The van der Waals surface area contributed by atoms with Crippen molar-refractivity contribution >= 4 is 17.3 Å². The third-order valence-electron chi connectivity index (χ3n) is 4.27. The topological polar surface area (TPSA) is 61.5 Å². The Hall–Kier alpha value is -2.34. The molecule has 2 aromatic rings. The summed E-state index contributed by atoms with van der Waals surface area (Å²) in [5.41, 5.74) is 8.27. The van der Waals surface area contributed by atoms with E-state index in [4.69, 9.17) is 5.73 Å². The molecule has 0 aliphatic carbocycles. The van der Waals surface area contributed by atoms with E-state index in [1.54, 1.807) is 6.33 Å². The Kier molecular flexibility index (Phi) is 4.62. The molecule has 1 aromatic carbocycles. The number of likely N-dealkylation sites (N-methyl/N-ethyl adjacent to an activating group) is 1. The molecule has 0 radical (unpaired) electrons. The van der Waals surface area contributed by atoms with Crippen molar-refractivity contribution in [2.45, 2.75) is 6.54 Å². The predicted octanol–water partition coefficient (Wildman–Crippen LogP) is 1.45. The van der Waals surface area contributed by atoms with Crippen LogP contribution < -0.4 is 15.5 Å². The number of rotatable bonds is 4. The zero-order chi connectivity index (χ0) is 16.2. The van der Waals surface area contributed by atoms with Gasteiger partial charge in [0, 0.05) is 39.8 Å². The lowest BCUT2D eigenvalue weighted by atomic mass is 10.2. The van der Waals surface area contributed by atoms with E-state index in [0.717, 1.165) is 44.4 Å². The number of aromatic nitrogens is 2. The van der Waals surface area contributed by atoms with Crippen LogP contribution in [0.15, 0.2) is 36.7 Å². The van der Waals surface area contributed by atoms with Crippen molar-refractivity contribution in [3.8, 4) is 0 Å². The second-order valence-corrected chi connectivity index (χ2v) is 6.07. The highest BCUT2D eigenvalue weighted by Gasteiger charge is 2.20. The summed E-state index contributed by atoms with van der Waals surface area (Å²) in [6.45, 7) is 4.71. The van der Waals surface area contributed by atoms with Gasteiger partial charge in [-0.05, 0) is 12.6 Å². The number of nitrogen functional groups attached to an aromatic ring is 1. The van der Waals surface area contributed by atoms with Crippen molar-refractivity contribution in [2.75, 3.05) is 55.8 Å².